The Morgan fingerprint density at radius 2 is 0.400 bits per heavy atom. The molecule has 0 saturated carbocycles. The molecule has 0 fully saturated rings. The van der Waals surface area contributed by atoms with Gasteiger partial charge in [-0.3, -0.25) is 37.3 Å². The van der Waals surface area contributed by atoms with Gasteiger partial charge in [0, 0.05) is 25.7 Å². The van der Waals surface area contributed by atoms with Crippen LogP contribution in [0.2, 0.25) is 0 Å². The van der Waals surface area contributed by atoms with Gasteiger partial charge in [-0.1, -0.05) is 387 Å². The molecular formula is C81H158O17P2. The summed E-state index contributed by atoms with van der Waals surface area (Å²) in [4.78, 5) is 73.0. The Hall–Kier alpha value is -1.94. The SMILES string of the molecule is CCCCCCCCCCCCCCCCCCCCC(=O)O[C@H](COC(=O)CCCCCCCCCCCCCCCCCCC)COP(=O)(O)OC[C@@H](O)COP(=O)(O)OC[C@@H](COC(=O)CCCCCCCCCCCCCC)OC(=O)CCCCCCCCCCCCCCC. The Morgan fingerprint density at radius 1 is 0.240 bits per heavy atom. The van der Waals surface area contributed by atoms with E-state index in [2.05, 4.69) is 27.7 Å². The van der Waals surface area contributed by atoms with Gasteiger partial charge in [0.05, 0.1) is 26.4 Å². The van der Waals surface area contributed by atoms with Crippen molar-refractivity contribution >= 4 is 39.5 Å². The van der Waals surface area contributed by atoms with Gasteiger partial charge in [0.1, 0.15) is 19.3 Å². The van der Waals surface area contributed by atoms with Crippen molar-refractivity contribution in [1.29, 1.82) is 0 Å². The molecule has 0 aliphatic heterocycles. The van der Waals surface area contributed by atoms with E-state index in [1.165, 1.54) is 270 Å². The fourth-order valence-electron chi connectivity index (χ4n) is 12.6. The third-order valence-electron chi connectivity index (χ3n) is 19.1. The van der Waals surface area contributed by atoms with Gasteiger partial charge < -0.3 is 33.8 Å². The lowest BCUT2D eigenvalue weighted by Crippen LogP contribution is -2.30. The van der Waals surface area contributed by atoms with E-state index in [0.29, 0.717) is 25.7 Å². The molecule has 0 spiro atoms. The molecule has 2 unspecified atom stereocenters. The molecule has 5 atom stereocenters. The molecule has 594 valence electrons. The summed E-state index contributed by atoms with van der Waals surface area (Å²) < 4.78 is 68.7. The highest BCUT2D eigenvalue weighted by Gasteiger charge is 2.30. The number of phosphoric acid groups is 2. The standard InChI is InChI=1S/C81H158O17P2/c1-5-9-13-17-21-25-29-33-35-37-39-41-44-48-52-56-60-64-68-81(86)98-77(72-92-79(84)66-62-58-54-50-46-43-40-38-36-34-30-26-22-18-14-10-6-2)74-96-100(89,90)94-70-75(82)69-93-99(87,88)95-73-76(71-91-78(83)65-61-57-53-49-45-32-28-24-20-16-12-8-4)97-80(85)67-63-59-55-51-47-42-31-27-23-19-15-11-7-3/h75-77,82H,5-74H2,1-4H3,(H,87,88)(H,89,90)/t75-,76+,77+/m0/s1. The predicted molar refractivity (Wildman–Crippen MR) is 409 cm³/mol. The zero-order chi connectivity index (χ0) is 73.2. The molecule has 0 aromatic heterocycles. The summed E-state index contributed by atoms with van der Waals surface area (Å²) in [6.45, 7) is 5.03. The summed E-state index contributed by atoms with van der Waals surface area (Å²) in [6.07, 6.45) is 67.8. The number of carbonyl (C=O) groups is 4. The maximum absolute atomic E-state index is 13.1. The number of unbranched alkanes of at least 4 members (excludes halogenated alkanes) is 56. The topological polar surface area (TPSA) is 237 Å². The lowest BCUT2D eigenvalue weighted by molar-refractivity contribution is -0.161. The molecule has 100 heavy (non-hydrogen) atoms. The fraction of sp³-hybridized carbons (Fsp3) is 0.951. The Balaban J connectivity index is 5.25. The van der Waals surface area contributed by atoms with E-state index in [1.807, 2.05) is 0 Å². The van der Waals surface area contributed by atoms with Crippen LogP contribution >= 0.6 is 15.6 Å². The monoisotopic (exact) mass is 1470 g/mol. The quantitative estimate of drug-likeness (QED) is 0.0222. The summed E-state index contributed by atoms with van der Waals surface area (Å²) >= 11 is 0. The largest absolute Gasteiger partial charge is 0.472 e. The summed E-state index contributed by atoms with van der Waals surface area (Å²) in [5.41, 5.74) is 0. The average molecular weight is 1470 g/mol. The smallest absolute Gasteiger partial charge is 0.462 e. The van der Waals surface area contributed by atoms with Gasteiger partial charge in [-0.2, -0.15) is 0 Å². The minimum Gasteiger partial charge on any atom is -0.462 e. The van der Waals surface area contributed by atoms with Crippen LogP contribution in [-0.2, 0) is 65.4 Å². The molecule has 0 amide bonds. The van der Waals surface area contributed by atoms with Crippen molar-refractivity contribution in [3.8, 4) is 0 Å². The minimum absolute atomic E-state index is 0.109. The number of hydrogen-bond acceptors (Lipinski definition) is 15. The van der Waals surface area contributed by atoms with Gasteiger partial charge in [0.15, 0.2) is 12.2 Å². The van der Waals surface area contributed by atoms with Gasteiger partial charge in [0.25, 0.3) is 0 Å². The molecule has 0 radical (unpaired) electrons. The molecular weight excluding hydrogens is 1310 g/mol. The molecule has 0 saturated heterocycles. The first-order valence-corrected chi connectivity index (χ1v) is 45.3. The highest BCUT2D eigenvalue weighted by atomic mass is 31.2. The molecule has 3 N–H and O–H groups in total. The summed E-state index contributed by atoms with van der Waals surface area (Å²) in [7, 11) is -9.92. The summed E-state index contributed by atoms with van der Waals surface area (Å²) in [5, 5.41) is 10.6. The first-order valence-electron chi connectivity index (χ1n) is 42.3. The van der Waals surface area contributed by atoms with Crippen LogP contribution in [0.3, 0.4) is 0 Å². The summed E-state index contributed by atoms with van der Waals surface area (Å²) in [5.74, 6) is -2.10. The first kappa shape index (κ1) is 98.1. The number of carbonyl (C=O) groups excluding carboxylic acids is 4. The molecule has 0 heterocycles. The molecule has 0 aromatic carbocycles. The van der Waals surface area contributed by atoms with Gasteiger partial charge >= 0.3 is 39.5 Å². The molecule has 19 heteroatoms. The van der Waals surface area contributed by atoms with Crippen molar-refractivity contribution in [2.45, 2.75) is 457 Å². The number of hydrogen-bond donors (Lipinski definition) is 3. The number of rotatable bonds is 82. The van der Waals surface area contributed by atoms with Crippen molar-refractivity contribution in [2.75, 3.05) is 39.6 Å². The van der Waals surface area contributed by atoms with E-state index in [1.54, 1.807) is 0 Å². The highest BCUT2D eigenvalue weighted by Crippen LogP contribution is 2.45. The molecule has 0 aliphatic rings. The zero-order valence-electron chi connectivity index (χ0n) is 65.2. The van der Waals surface area contributed by atoms with Crippen molar-refractivity contribution in [2.24, 2.45) is 0 Å². The lowest BCUT2D eigenvalue weighted by Gasteiger charge is -2.21. The van der Waals surface area contributed by atoms with Gasteiger partial charge in [-0.15, -0.1) is 0 Å². The van der Waals surface area contributed by atoms with Crippen LogP contribution < -0.4 is 0 Å². The van der Waals surface area contributed by atoms with Crippen molar-refractivity contribution in [1.82, 2.24) is 0 Å². The number of aliphatic hydroxyl groups is 1. The number of ether oxygens (including phenoxy) is 4. The van der Waals surface area contributed by atoms with Crippen LogP contribution in [0.4, 0.5) is 0 Å². The average Bonchev–Trinajstić information content (AvgIpc) is 0.928. The van der Waals surface area contributed by atoms with Crippen molar-refractivity contribution in [3.63, 3.8) is 0 Å². The number of esters is 4. The number of aliphatic hydroxyl groups excluding tert-OH is 1. The second-order valence-electron chi connectivity index (χ2n) is 29.2. The first-order chi connectivity index (χ1) is 48.7. The Morgan fingerprint density at radius 3 is 0.590 bits per heavy atom. The lowest BCUT2D eigenvalue weighted by atomic mass is 10.0. The number of phosphoric ester groups is 2. The molecule has 0 rings (SSSR count). The zero-order valence-corrected chi connectivity index (χ0v) is 67.0. The van der Waals surface area contributed by atoms with Crippen LogP contribution in [0.25, 0.3) is 0 Å². The van der Waals surface area contributed by atoms with E-state index in [-0.39, 0.29) is 25.7 Å². The van der Waals surface area contributed by atoms with Gasteiger partial charge in [-0.25, -0.2) is 9.13 Å². The van der Waals surface area contributed by atoms with E-state index in [0.717, 1.165) is 89.9 Å². The van der Waals surface area contributed by atoms with E-state index in [4.69, 9.17) is 37.0 Å². The Kier molecular flexibility index (Phi) is 73.8. The Labute approximate surface area is 613 Å². The third-order valence-corrected chi connectivity index (χ3v) is 21.0. The van der Waals surface area contributed by atoms with Gasteiger partial charge in [-0.05, 0) is 25.7 Å². The van der Waals surface area contributed by atoms with Crippen molar-refractivity contribution < 1.29 is 80.2 Å². The molecule has 17 nitrogen and oxygen atoms in total. The van der Waals surface area contributed by atoms with Crippen LogP contribution in [0, 0.1) is 0 Å². The van der Waals surface area contributed by atoms with Gasteiger partial charge in [0.2, 0.25) is 0 Å². The Bertz CT molecular complexity index is 1890. The second-order valence-corrected chi connectivity index (χ2v) is 32.1. The maximum atomic E-state index is 13.1. The molecule has 0 aliphatic carbocycles. The summed E-state index contributed by atoms with van der Waals surface area (Å²) in [6, 6.07) is 0. The minimum atomic E-state index is -4.96. The van der Waals surface area contributed by atoms with Crippen LogP contribution in [0.15, 0.2) is 0 Å². The van der Waals surface area contributed by atoms with E-state index < -0.39 is 97.5 Å². The third kappa shape index (κ3) is 74.3. The normalized spacial score (nSPS) is 13.8. The molecule has 0 aromatic rings. The van der Waals surface area contributed by atoms with Crippen LogP contribution in [-0.4, -0.2) is 96.7 Å². The van der Waals surface area contributed by atoms with Crippen molar-refractivity contribution in [3.05, 3.63) is 0 Å². The van der Waals surface area contributed by atoms with E-state index in [9.17, 15) is 43.2 Å². The van der Waals surface area contributed by atoms with E-state index >= 15 is 0 Å². The molecule has 0 bridgehead atoms. The van der Waals surface area contributed by atoms with Crippen LogP contribution in [0.1, 0.15) is 439 Å². The maximum Gasteiger partial charge on any atom is 0.472 e. The fourth-order valence-corrected chi connectivity index (χ4v) is 14.2. The van der Waals surface area contributed by atoms with Crippen LogP contribution in [0.5, 0.6) is 0 Å². The highest BCUT2D eigenvalue weighted by molar-refractivity contribution is 7.47. The second kappa shape index (κ2) is 75.3. The predicted octanol–water partition coefficient (Wildman–Crippen LogP) is 24.6.